The molecule has 0 fully saturated rings. The highest BCUT2D eigenvalue weighted by molar-refractivity contribution is 14.1. The van der Waals surface area contributed by atoms with Crippen LogP contribution in [0.25, 0.3) is 0 Å². The smallest absolute Gasteiger partial charge is 0.135 e. The Bertz CT molecular complexity index is 563. The van der Waals surface area contributed by atoms with Gasteiger partial charge in [0.05, 0.1) is 5.56 Å². The molecule has 0 spiro atoms. The van der Waals surface area contributed by atoms with Crippen molar-refractivity contribution in [3.05, 3.63) is 68.5 Å². The van der Waals surface area contributed by atoms with Crippen LogP contribution < -0.4 is 0 Å². The first-order valence-corrected chi connectivity index (χ1v) is 6.15. The van der Waals surface area contributed by atoms with Crippen molar-refractivity contribution in [1.29, 1.82) is 0 Å². The van der Waals surface area contributed by atoms with E-state index in [4.69, 9.17) is 0 Å². The molecule has 0 aliphatic rings. The highest BCUT2D eigenvalue weighted by Gasteiger charge is 2.21. The third-order valence-corrected chi connectivity index (χ3v) is 3.15. The van der Waals surface area contributed by atoms with Crippen molar-refractivity contribution in [3.8, 4) is 0 Å². The molecule has 0 bridgehead atoms. The number of hydrogen-bond acceptors (Lipinski definition) is 1. The van der Waals surface area contributed by atoms with Crippen molar-refractivity contribution in [3.63, 3.8) is 0 Å². The molecule has 1 unspecified atom stereocenters. The van der Waals surface area contributed by atoms with Gasteiger partial charge < -0.3 is 5.11 Å². The molecule has 1 nitrogen and oxygen atoms in total. The fraction of sp³-hybridized carbons (Fsp3) is 0.0769. The molecule has 5 heteroatoms. The Morgan fingerprint density at radius 1 is 1.00 bits per heavy atom. The van der Waals surface area contributed by atoms with Gasteiger partial charge in [-0.15, -0.1) is 0 Å². The molecule has 2 aromatic rings. The quantitative estimate of drug-likeness (QED) is 0.805. The highest BCUT2D eigenvalue weighted by atomic mass is 127. The van der Waals surface area contributed by atoms with E-state index in [1.165, 1.54) is 0 Å². The topological polar surface area (TPSA) is 20.2 Å². The average Bonchev–Trinajstić information content (AvgIpc) is 2.27. The van der Waals surface area contributed by atoms with Gasteiger partial charge >= 0.3 is 0 Å². The van der Waals surface area contributed by atoms with Crippen LogP contribution in [0, 0.1) is 21.0 Å². The zero-order chi connectivity index (χ0) is 13.3. The van der Waals surface area contributed by atoms with E-state index in [0.29, 0.717) is 17.7 Å². The van der Waals surface area contributed by atoms with Gasteiger partial charge in [0.2, 0.25) is 0 Å². The zero-order valence-corrected chi connectivity index (χ0v) is 11.2. The van der Waals surface area contributed by atoms with E-state index < -0.39 is 29.1 Å². The molecule has 94 valence electrons. The molecular formula is C13H8F3IO. The lowest BCUT2D eigenvalue weighted by atomic mass is 10.0. The summed E-state index contributed by atoms with van der Waals surface area (Å²) in [6, 6.07) is 7.71. The third-order valence-electron chi connectivity index (χ3n) is 2.48. The molecule has 0 radical (unpaired) electrons. The van der Waals surface area contributed by atoms with Crippen LogP contribution in [0.5, 0.6) is 0 Å². The number of rotatable bonds is 2. The predicted octanol–water partition coefficient (Wildman–Crippen LogP) is 3.79. The molecule has 0 saturated heterocycles. The molecule has 0 aromatic heterocycles. The Labute approximate surface area is 115 Å². The highest BCUT2D eigenvalue weighted by Crippen LogP contribution is 2.28. The molecule has 0 heterocycles. The Morgan fingerprint density at radius 2 is 1.61 bits per heavy atom. The van der Waals surface area contributed by atoms with E-state index in [0.717, 1.165) is 3.57 Å². The molecule has 18 heavy (non-hydrogen) atoms. The maximum atomic E-state index is 13.5. The average molecular weight is 364 g/mol. The zero-order valence-electron chi connectivity index (χ0n) is 9.00. The van der Waals surface area contributed by atoms with Crippen LogP contribution in [0.2, 0.25) is 0 Å². The van der Waals surface area contributed by atoms with Crippen molar-refractivity contribution >= 4 is 22.6 Å². The summed E-state index contributed by atoms with van der Waals surface area (Å²) in [5.41, 5.74) is -0.190. The Hall–Kier alpha value is -1.08. The van der Waals surface area contributed by atoms with E-state index in [1.54, 1.807) is 24.3 Å². The second-order valence-corrected chi connectivity index (χ2v) is 4.99. The number of aliphatic hydroxyl groups is 1. The largest absolute Gasteiger partial charge is 0.383 e. The first-order valence-electron chi connectivity index (χ1n) is 5.07. The normalized spacial score (nSPS) is 12.5. The van der Waals surface area contributed by atoms with Crippen LogP contribution in [0.1, 0.15) is 17.2 Å². The van der Waals surface area contributed by atoms with Crippen LogP contribution in [-0.4, -0.2) is 5.11 Å². The first-order chi connectivity index (χ1) is 8.49. The van der Waals surface area contributed by atoms with Gasteiger partial charge in [0, 0.05) is 15.7 Å². The Kier molecular flexibility index (Phi) is 3.91. The fourth-order valence-corrected chi connectivity index (χ4v) is 2.23. The van der Waals surface area contributed by atoms with Crippen LogP contribution in [-0.2, 0) is 0 Å². The molecular weight excluding hydrogens is 356 g/mol. The fourth-order valence-electron chi connectivity index (χ4n) is 1.66. The van der Waals surface area contributed by atoms with Crippen LogP contribution in [0.4, 0.5) is 13.2 Å². The SMILES string of the molecule is OC(c1cccc(I)c1)c1c(F)cc(F)cc1F. The second kappa shape index (κ2) is 5.27. The summed E-state index contributed by atoms with van der Waals surface area (Å²) in [7, 11) is 0. The van der Waals surface area contributed by atoms with Crippen LogP contribution >= 0.6 is 22.6 Å². The second-order valence-electron chi connectivity index (χ2n) is 3.74. The van der Waals surface area contributed by atoms with Gasteiger partial charge in [-0.25, -0.2) is 13.2 Å². The van der Waals surface area contributed by atoms with E-state index in [1.807, 2.05) is 22.6 Å². The molecule has 2 aromatic carbocycles. The first kappa shape index (κ1) is 13.4. The summed E-state index contributed by atoms with van der Waals surface area (Å²) in [6.45, 7) is 0. The lowest BCUT2D eigenvalue weighted by Gasteiger charge is -2.13. The standard InChI is InChI=1S/C13H8F3IO/c14-8-5-10(15)12(11(16)6-8)13(18)7-2-1-3-9(17)4-7/h1-6,13,18H. The van der Waals surface area contributed by atoms with Crippen molar-refractivity contribution in [2.24, 2.45) is 0 Å². The maximum absolute atomic E-state index is 13.5. The molecule has 2 rings (SSSR count). The van der Waals surface area contributed by atoms with Gasteiger partial charge in [0.25, 0.3) is 0 Å². The van der Waals surface area contributed by atoms with E-state index in [-0.39, 0.29) is 0 Å². The molecule has 0 amide bonds. The molecule has 1 atom stereocenters. The molecule has 0 aliphatic carbocycles. The maximum Gasteiger partial charge on any atom is 0.135 e. The Balaban J connectivity index is 2.49. The molecule has 1 N–H and O–H groups in total. The lowest BCUT2D eigenvalue weighted by molar-refractivity contribution is 0.208. The third kappa shape index (κ3) is 2.67. The predicted molar refractivity (Wildman–Crippen MR) is 69.5 cm³/mol. The van der Waals surface area contributed by atoms with Crippen molar-refractivity contribution in [1.82, 2.24) is 0 Å². The Morgan fingerprint density at radius 3 is 2.17 bits per heavy atom. The summed E-state index contributed by atoms with van der Waals surface area (Å²) < 4.78 is 40.6. The summed E-state index contributed by atoms with van der Waals surface area (Å²) in [4.78, 5) is 0. The van der Waals surface area contributed by atoms with E-state index >= 15 is 0 Å². The van der Waals surface area contributed by atoms with Crippen molar-refractivity contribution < 1.29 is 18.3 Å². The van der Waals surface area contributed by atoms with Gasteiger partial charge in [-0.2, -0.15) is 0 Å². The van der Waals surface area contributed by atoms with Gasteiger partial charge in [-0.3, -0.25) is 0 Å². The summed E-state index contributed by atoms with van der Waals surface area (Å²) in [5, 5.41) is 9.96. The van der Waals surface area contributed by atoms with E-state index in [9.17, 15) is 18.3 Å². The summed E-state index contributed by atoms with van der Waals surface area (Å²) >= 11 is 2.02. The van der Waals surface area contributed by atoms with Crippen LogP contribution in [0.3, 0.4) is 0 Å². The van der Waals surface area contributed by atoms with Crippen molar-refractivity contribution in [2.45, 2.75) is 6.10 Å². The van der Waals surface area contributed by atoms with Gasteiger partial charge in [0.1, 0.15) is 23.6 Å². The monoisotopic (exact) mass is 364 g/mol. The summed E-state index contributed by atoms with van der Waals surface area (Å²) in [5.74, 6) is -3.21. The number of halogens is 4. The minimum atomic E-state index is -1.46. The van der Waals surface area contributed by atoms with Gasteiger partial charge in [0.15, 0.2) is 0 Å². The van der Waals surface area contributed by atoms with Gasteiger partial charge in [-0.1, -0.05) is 12.1 Å². The minimum Gasteiger partial charge on any atom is -0.383 e. The summed E-state index contributed by atoms with van der Waals surface area (Å²) in [6.07, 6.45) is -1.46. The van der Waals surface area contributed by atoms with Crippen LogP contribution in [0.15, 0.2) is 36.4 Å². The van der Waals surface area contributed by atoms with Gasteiger partial charge in [-0.05, 0) is 40.3 Å². The minimum absolute atomic E-state index is 0.353. The van der Waals surface area contributed by atoms with E-state index in [2.05, 4.69) is 0 Å². The number of hydrogen-bond donors (Lipinski definition) is 1. The number of benzene rings is 2. The lowest BCUT2D eigenvalue weighted by Crippen LogP contribution is -2.06. The number of aliphatic hydroxyl groups excluding tert-OH is 1. The molecule has 0 aliphatic heterocycles. The molecule has 0 saturated carbocycles. The van der Waals surface area contributed by atoms with Crippen molar-refractivity contribution in [2.75, 3.05) is 0 Å².